The zero-order valence-electron chi connectivity index (χ0n) is 11.8. The molecule has 5 nitrogen and oxygen atoms in total. The molecule has 122 valence electrons. The topological polar surface area (TPSA) is 61.8 Å². The molecule has 0 saturated carbocycles. The second-order valence-corrected chi connectivity index (χ2v) is 6.24. The molecule has 9 heteroatoms. The Kier molecular flexibility index (Phi) is 6.43. The zero-order chi connectivity index (χ0) is 16.1. The zero-order valence-corrected chi connectivity index (χ0v) is 12.7. The lowest BCUT2D eigenvalue weighted by Crippen LogP contribution is -2.27. The molecule has 0 N–H and O–H groups in total. The normalized spacial score (nSPS) is 23.1. The quantitative estimate of drug-likeness (QED) is 0.537. The van der Waals surface area contributed by atoms with Gasteiger partial charge in [0.25, 0.3) is 0 Å². The summed E-state index contributed by atoms with van der Waals surface area (Å²) in [7, 11) is -4.04. The highest BCUT2D eigenvalue weighted by Crippen LogP contribution is 2.50. The largest absolute Gasteiger partial charge is 0.449 e. The van der Waals surface area contributed by atoms with Crippen LogP contribution in [0.5, 0.6) is 0 Å². The van der Waals surface area contributed by atoms with Gasteiger partial charge in [-0.3, -0.25) is 0 Å². The highest BCUT2D eigenvalue weighted by atomic mass is 31.2. The van der Waals surface area contributed by atoms with Crippen LogP contribution >= 0.6 is 7.60 Å². The van der Waals surface area contributed by atoms with Gasteiger partial charge < -0.3 is 13.8 Å². The van der Waals surface area contributed by atoms with Crippen molar-refractivity contribution in [2.24, 2.45) is 5.92 Å². The van der Waals surface area contributed by atoms with Crippen LogP contribution in [0.2, 0.25) is 0 Å². The summed E-state index contributed by atoms with van der Waals surface area (Å²) >= 11 is 0. The van der Waals surface area contributed by atoms with E-state index in [2.05, 4.69) is 0 Å². The number of carbonyl (C=O) groups excluding carboxylic acids is 1. The number of hydrogen-bond donors (Lipinski definition) is 0. The number of ether oxygens (including phenoxy) is 1. The van der Waals surface area contributed by atoms with Crippen molar-refractivity contribution in [3.05, 3.63) is 12.2 Å². The van der Waals surface area contributed by atoms with Crippen LogP contribution in [0.15, 0.2) is 12.2 Å². The van der Waals surface area contributed by atoms with E-state index in [9.17, 15) is 22.5 Å². The smallest absolute Gasteiger partial charge is 0.438 e. The summed E-state index contributed by atoms with van der Waals surface area (Å²) in [5.41, 5.74) is -1.17. The fourth-order valence-electron chi connectivity index (χ4n) is 1.84. The minimum atomic E-state index is -4.31. The monoisotopic (exact) mass is 330 g/mol. The fraction of sp³-hybridized carbons (Fsp3) is 0.750. The summed E-state index contributed by atoms with van der Waals surface area (Å²) in [6.07, 6.45) is -3.24. The van der Waals surface area contributed by atoms with Gasteiger partial charge in [-0.2, -0.15) is 13.2 Å². The highest BCUT2D eigenvalue weighted by molar-refractivity contribution is 7.71. The molecule has 0 heterocycles. The summed E-state index contributed by atoms with van der Waals surface area (Å²) in [6.45, 7) is 3.05. The Morgan fingerprint density at radius 1 is 1.19 bits per heavy atom. The average Bonchev–Trinajstić information content (AvgIpc) is 2.38. The van der Waals surface area contributed by atoms with Gasteiger partial charge in [-0.1, -0.05) is 6.08 Å². The van der Waals surface area contributed by atoms with Crippen LogP contribution in [0.25, 0.3) is 0 Å². The Balaban J connectivity index is 2.66. The molecule has 0 aromatic carbocycles. The molecule has 1 aliphatic carbocycles. The van der Waals surface area contributed by atoms with Crippen LogP contribution in [0.4, 0.5) is 18.0 Å². The summed E-state index contributed by atoms with van der Waals surface area (Å²) in [4.78, 5) is 11.8. The number of hydrogen-bond acceptors (Lipinski definition) is 5. The van der Waals surface area contributed by atoms with Gasteiger partial charge >= 0.3 is 19.5 Å². The van der Waals surface area contributed by atoms with Gasteiger partial charge in [0.1, 0.15) is 6.10 Å². The third-order valence-corrected chi connectivity index (χ3v) is 4.56. The van der Waals surface area contributed by atoms with E-state index in [1.807, 2.05) is 0 Å². The first-order valence-electron chi connectivity index (χ1n) is 6.58. The number of carbonyl (C=O) groups is 1. The number of allylic oxidation sites excluding steroid dienone is 1. The molecule has 0 amide bonds. The van der Waals surface area contributed by atoms with Crippen molar-refractivity contribution in [1.29, 1.82) is 0 Å². The van der Waals surface area contributed by atoms with E-state index in [0.29, 0.717) is 0 Å². The van der Waals surface area contributed by atoms with Gasteiger partial charge in [0.15, 0.2) is 0 Å². The molecule has 0 radical (unpaired) electrons. The number of alkyl halides is 3. The Hall–Kier alpha value is -0.850. The summed E-state index contributed by atoms with van der Waals surface area (Å²) in [6, 6.07) is 0. The van der Waals surface area contributed by atoms with E-state index >= 15 is 0 Å². The van der Waals surface area contributed by atoms with Gasteiger partial charge in [-0.25, -0.2) is 9.36 Å². The van der Waals surface area contributed by atoms with Gasteiger partial charge in [0, 0.05) is 0 Å². The average molecular weight is 330 g/mol. The SMILES string of the molecule is CCOP(=O)(OCC)C(=O)O[C@H]1C=CC(C(F)(F)F)CC1. The molecule has 0 aliphatic heterocycles. The summed E-state index contributed by atoms with van der Waals surface area (Å²) in [5, 5.41) is 0. The molecule has 2 atom stereocenters. The number of halogens is 3. The van der Waals surface area contributed by atoms with Crippen LogP contribution in [-0.2, 0) is 18.3 Å². The van der Waals surface area contributed by atoms with Crippen molar-refractivity contribution in [3.8, 4) is 0 Å². The van der Waals surface area contributed by atoms with Crippen molar-refractivity contribution in [1.82, 2.24) is 0 Å². The van der Waals surface area contributed by atoms with Crippen LogP contribution in [0.3, 0.4) is 0 Å². The molecule has 1 rings (SSSR count). The fourth-order valence-corrected chi connectivity index (χ4v) is 3.07. The maximum absolute atomic E-state index is 12.5. The standard InChI is InChI=1S/C12H18F3O5P/c1-3-18-21(17,19-4-2)11(16)20-10-7-5-9(6-8-10)12(13,14)15/h5,7,9-10H,3-4,6,8H2,1-2H3/t9?,10-/m0/s1. The summed E-state index contributed by atoms with van der Waals surface area (Å²) in [5.74, 6) is -1.54. The minimum Gasteiger partial charge on any atom is -0.449 e. The van der Waals surface area contributed by atoms with Crippen molar-refractivity contribution < 1.29 is 36.3 Å². The van der Waals surface area contributed by atoms with E-state index < -0.39 is 31.5 Å². The second kappa shape index (κ2) is 7.42. The van der Waals surface area contributed by atoms with E-state index in [4.69, 9.17) is 13.8 Å². The first-order chi connectivity index (χ1) is 9.73. The third kappa shape index (κ3) is 5.13. The predicted molar refractivity (Wildman–Crippen MR) is 69.0 cm³/mol. The van der Waals surface area contributed by atoms with E-state index in [-0.39, 0.29) is 26.1 Å². The van der Waals surface area contributed by atoms with Crippen molar-refractivity contribution in [3.63, 3.8) is 0 Å². The van der Waals surface area contributed by atoms with Gasteiger partial charge in [0.05, 0.1) is 19.1 Å². The lowest BCUT2D eigenvalue weighted by molar-refractivity contribution is -0.165. The maximum Gasteiger partial charge on any atom is 0.438 e. The Morgan fingerprint density at radius 3 is 2.14 bits per heavy atom. The molecule has 1 unspecified atom stereocenters. The molecule has 0 bridgehead atoms. The van der Waals surface area contributed by atoms with E-state index in [0.717, 1.165) is 12.2 Å². The van der Waals surface area contributed by atoms with Crippen LogP contribution in [-0.4, -0.2) is 31.2 Å². The van der Waals surface area contributed by atoms with Gasteiger partial charge in [0.2, 0.25) is 0 Å². The lowest BCUT2D eigenvalue weighted by atomic mass is 9.94. The number of rotatable bonds is 6. The van der Waals surface area contributed by atoms with E-state index in [1.54, 1.807) is 0 Å². The predicted octanol–water partition coefficient (Wildman–Crippen LogP) is 4.29. The van der Waals surface area contributed by atoms with Gasteiger partial charge in [-0.15, -0.1) is 0 Å². The molecule has 0 fully saturated rings. The first kappa shape index (κ1) is 18.2. The first-order valence-corrected chi connectivity index (χ1v) is 8.12. The summed E-state index contributed by atoms with van der Waals surface area (Å²) < 4.78 is 64.0. The molecule has 0 spiro atoms. The lowest BCUT2D eigenvalue weighted by Gasteiger charge is -2.25. The molecule has 0 saturated heterocycles. The molecule has 1 aliphatic rings. The Labute approximate surface area is 121 Å². The highest BCUT2D eigenvalue weighted by Gasteiger charge is 2.41. The second-order valence-electron chi connectivity index (χ2n) is 4.37. The third-order valence-electron chi connectivity index (χ3n) is 2.81. The molecule has 21 heavy (non-hydrogen) atoms. The molecule has 0 aromatic heterocycles. The molecular weight excluding hydrogens is 312 g/mol. The van der Waals surface area contributed by atoms with Crippen LogP contribution in [0.1, 0.15) is 26.7 Å². The van der Waals surface area contributed by atoms with Crippen molar-refractivity contribution in [2.75, 3.05) is 13.2 Å². The van der Waals surface area contributed by atoms with Crippen LogP contribution in [0, 0.1) is 5.92 Å². The van der Waals surface area contributed by atoms with Gasteiger partial charge in [-0.05, 0) is 32.8 Å². The van der Waals surface area contributed by atoms with E-state index in [1.165, 1.54) is 13.8 Å². The molecular formula is C12H18F3O5P. The Morgan fingerprint density at radius 2 is 1.76 bits per heavy atom. The maximum atomic E-state index is 12.5. The van der Waals surface area contributed by atoms with Crippen molar-refractivity contribution >= 4 is 13.3 Å². The van der Waals surface area contributed by atoms with Crippen molar-refractivity contribution in [2.45, 2.75) is 39.0 Å². The van der Waals surface area contributed by atoms with Crippen LogP contribution < -0.4 is 0 Å². The Bertz CT molecular complexity index is 425. The minimum absolute atomic E-state index is 0.00463. The molecule has 0 aromatic rings.